The molecule has 1 N–H and O–H groups in total. The van der Waals surface area contributed by atoms with E-state index in [9.17, 15) is 0 Å². The van der Waals surface area contributed by atoms with Crippen LogP contribution in [-0.2, 0) is 13.2 Å². The van der Waals surface area contributed by atoms with Crippen LogP contribution in [0.1, 0.15) is 32.0 Å². The van der Waals surface area contributed by atoms with Crippen LogP contribution in [-0.4, -0.2) is 10.5 Å². The summed E-state index contributed by atoms with van der Waals surface area (Å²) in [4.78, 5) is 4.21. The van der Waals surface area contributed by atoms with Crippen LogP contribution in [0.3, 0.4) is 0 Å². The minimum atomic E-state index is 0.0331. The van der Waals surface area contributed by atoms with Crippen LogP contribution < -0.4 is 10.1 Å². The number of benzene rings is 1. The van der Waals surface area contributed by atoms with Crippen molar-refractivity contribution in [1.29, 1.82) is 0 Å². The van der Waals surface area contributed by atoms with Crippen LogP contribution in [0.2, 0.25) is 5.02 Å². The summed E-state index contributed by atoms with van der Waals surface area (Å²) in [7, 11) is 0. The largest absolute Gasteiger partial charge is 0.487 e. The zero-order valence-electron chi connectivity index (χ0n) is 11.9. The Hall–Kier alpha value is -1.10. The molecule has 5 heteroatoms. The van der Waals surface area contributed by atoms with Gasteiger partial charge in [0.05, 0.1) is 11.2 Å². The molecule has 0 amide bonds. The summed E-state index contributed by atoms with van der Waals surface area (Å²) in [5.41, 5.74) is 3.76. The second-order valence-corrected chi connectivity index (χ2v) is 6.71. The summed E-state index contributed by atoms with van der Waals surface area (Å²) in [5, 5.41) is 6.14. The molecular formula is C15H19ClN2OS. The molecule has 1 aromatic heterocycles. The number of thiazole rings is 1. The molecule has 108 valence electrons. The summed E-state index contributed by atoms with van der Waals surface area (Å²) < 4.78 is 5.85. The summed E-state index contributed by atoms with van der Waals surface area (Å²) in [6, 6.07) is 5.73. The molecule has 0 aliphatic heterocycles. The second-order valence-electron chi connectivity index (χ2n) is 5.59. The highest BCUT2D eigenvalue weighted by Gasteiger charge is 2.13. The Kier molecular flexibility index (Phi) is 5.02. The highest BCUT2D eigenvalue weighted by Crippen LogP contribution is 2.27. The van der Waals surface area contributed by atoms with E-state index in [1.165, 1.54) is 0 Å². The van der Waals surface area contributed by atoms with Gasteiger partial charge in [0.25, 0.3) is 0 Å². The van der Waals surface area contributed by atoms with Gasteiger partial charge in [-0.3, -0.25) is 0 Å². The normalized spacial score (nSPS) is 11.6. The van der Waals surface area contributed by atoms with Gasteiger partial charge < -0.3 is 10.1 Å². The van der Waals surface area contributed by atoms with Gasteiger partial charge in [0.1, 0.15) is 12.4 Å². The first-order chi connectivity index (χ1) is 9.46. The lowest BCUT2D eigenvalue weighted by molar-refractivity contribution is 0.296. The monoisotopic (exact) mass is 310 g/mol. The Bertz CT molecular complexity index is 549. The van der Waals surface area contributed by atoms with Gasteiger partial charge in [0.15, 0.2) is 0 Å². The molecule has 20 heavy (non-hydrogen) atoms. The lowest BCUT2D eigenvalue weighted by atomic mass is 10.1. The first-order valence-corrected chi connectivity index (χ1v) is 7.80. The van der Waals surface area contributed by atoms with Gasteiger partial charge in [0.2, 0.25) is 0 Å². The number of ether oxygens (including phenoxy) is 1. The molecule has 0 aliphatic carbocycles. The van der Waals surface area contributed by atoms with Crippen molar-refractivity contribution >= 4 is 22.9 Å². The minimum Gasteiger partial charge on any atom is -0.487 e. The van der Waals surface area contributed by atoms with Crippen molar-refractivity contribution < 1.29 is 4.74 Å². The van der Waals surface area contributed by atoms with Crippen molar-refractivity contribution in [2.75, 3.05) is 0 Å². The van der Waals surface area contributed by atoms with E-state index in [2.05, 4.69) is 31.1 Å². The molecule has 0 atom stereocenters. The maximum Gasteiger partial charge on any atom is 0.131 e. The number of halogens is 1. The zero-order valence-corrected chi connectivity index (χ0v) is 13.5. The highest BCUT2D eigenvalue weighted by atomic mass is 35.5. The molecule has 0 bridgehead atoms. The number of hydrogen-bond acceptors (Lipinski definition) is 4. The Morgan fingerprint density at radius 3 is 2.80 bits per heavy atom. The molecule has 0 aliphatic rings. The van der Waals surface area contributed by atoms with Crippen LogP contribution in [0.15, 0.2) is 29.1 Å². The van der Waals surface area contributed by atoms with Gasteiger partial charge in [-0.1, -0.05) is 17.7 Å². The number of hydrogen-bond donors (Lipinski definition) is 1. The van der Waals surface area contributed by atoms with E-state index in [0.717, 1.165) is 22.0 Å². The predicted octanol–water partition coefficient (Wildman–Crippen LogP) is 4.26. The average molecular weight is 311 g/mol. The van der Waals surface area contributed by atoms with E-state index in [0.29, 0.717) is 13.2 Å². The fraction of sp³-hybridized carbons (Fsp3) is 0.400. The molecule has 0 saturated carbocycles. The maximum absolute atomic E-state index is 6.29. The first-order valence-electron chi connectivity index (χ1n) is 6.48. The summed E-state index contributed by atoms with van der Waals surface area (Å²) in [6.07, 6.45) is 0. The molecule has 0 spiro atoms. The lowest BCUT2D eigenvalue weighted by Crippen LogP contribution is -2.35. The van der Waals surface area contributed by atoms with Gasteiger partial charge in [-0.15, -0.1) is 11.3 Å². The van der Waals surface area contributed by atoms with Crippen molar-refractivity contribution in [3.05, 3.63) is 45.4 Å². The quantitative estimate of drug-likeness (QED) is 0.896. The Labute approximate surface area is 129 Å². The molecule has 1 aromatic carbocycles. The van der Waals surface area contributed by atoms with Crippen LogP contribution in [0.5, 0.6) is 5.75 Å². The van der Waals surface area contributed by atoms with Crippen LogP contribution in [0.25, 0.3) is 0 Å². The minimum absolute atomic E-state index is 0.0331. The van der Waals surface area contributed by atoms with Gasteiger partial charge >= 0.3 is 0 Å². The number of nitrogens with zero attached hydrogens (tertiary/aromatic N) is 1. The van der Waals surface area contributed by atoms with Crippen molar-refractivity contribution in [2.45, 2.75) is 39.5 Å². The van der Waals surface area contributed by atoms with E-state index in [4.69, 9.17) is 16.3 Å². The first kappa shape index (κ1) is 15.3. The number of rotatable bonds is 5. The Morgan fingerprint density at radius 2 is 2.15 bits per heavy atom. The molecule has 2 aromatic rings. The molecule has 0 unspecified atom stereocenters. The molecule has 3 nitrogen and oxygen atoms in total. The molecule has 0 fully saturated rings. The fourth-order valence-electron chi connectivity index (χ4n) is 1.66. The molecule has 0 radical (unpaired) electrons. The summed E-state index contributed by atoms with van der Waals surface area (Å²) in [6.45, 7) is 7.51. The summed E-state index contributed by atoms with van der Waals surface area (Å²) in [5.74, 6) is 0.808. The highest BCUT2D eigenvalue weighted by molar-refractivity contribution is 7.07. The molecule has 0 saturated heterocycles. The molecule has 2 rings (SSSR count). The number of aromatic nitrogens is 1. The van der Waals surface area contributed by atoms with Crippen LogP contribution in [0.4, 0.5) is 0 Å². The Balaban J connectivity index is 2.09. The smallest absolute Gasteiger partial charge is 0.131 e. The second kappa shape index (κ2) is 6.57. The van der Waals surface area contributed by atoms with Gasteiger partial charge in [-0.2, -0.15) is 0 Å². The lowest BCUT2D eigenvalue weighted by Gasteiger charge is -2.22. The van der Waals surface area contributed by atoms with Gasteiger partial charge in [-0.05, 0) is 32.9 Å². The average Bonchev–Trinajstić information content (AvgIpc) is 2.87. The predicted molar refractivity (Wildman–Crippen MR) is 84.5 cm³/mol. The SMILES string of the molecule is CC(C)(C)NCc1c(Cl)cccc1OCc1cscn1. The van der Waals surface area contributed by atoms with Gasteiger partial charge in [0, 0.05) is 28.0 Å². The van der Waals surface area contributed by atoms with Crippen LogP contribution in [0, 0.1) is 0 Å². The Morgan fingerprint density at radius 1 is 1.35 bits per heavy atom. The van der Waals surface area contributed by atoms with E-state index in [1.54, 1.807) is 16.8 Å². The summed E-state index contributed by atoms with van der Waals surface area (Å²) >= 11 is 7.85. The van der Waals surface area contributed by atoms with Crippen molar-refractivity contribution in [3.63, 3.8) is 0 Å². The molecule has 1 heterocycles. The fourth-order valence-corrected chi connectivity index (χ4v) is 2.44. The van der Waals surface area contributed by atoms with Crippen molar-refractivity contribution in [2.24, 2.45) is 0 Å². The van der Waals surface area contributed by atoms with Crippen LogP contribution >= 0.6 is 22.9 Å². The third-order valence-electron chi connectivity index (χ3n) is 2.73. The van der Waals surface area contributed by atoms with E-state index >= 15 is 0 Å². The standard InChI is InChI=1S/C15H19ClN2OS/c1-15(2,3)18-7-12-13(16)5-4-6-14(12)19-8-11-9-20-10-17-11/h4-6,9-10,18H,7-8H2,1-3H3. The molecular weight excluding hydrogens is 292 g/mol. The van der Waals surface area contributed by atoms with Crippen molar-refractivity contribution in [3.8, 4) is 5.75 Å². The number of nitrogens with one attached hydrogen (secondary N) is 1. The maximum atomic E-state index is 6.29. The van der Waals surface area contributed by atoms with E-state index in [1.807, 2.05) is 23.6 Å². The van der Waals surface area contributed by atoms with Gasteiger partial charge in [-0.25, -0.2) is 4.98 Å². The third kappa shape index (κ3) is 4.47. The van der Waals surface area contributed by atoms with Crippen molar-refractivity contribution in [1.82, 2.24) is 10.3 Å². The third-order valence-corrected chi connectivity index (χ3v) is 3.72. The van der Waals surface area contributed by atoms with E-state index < -0.39 is 0 Å². The van der Waals surface area contributed by atoms with E-state index in [-0.39, 0.29) is 5.54 Å². The zero-order chi connectivity index (χ0) is 14.6. The topological polar surface area (TPSA) is 34.1 Å².